The van der Waals surface area contributed by atoms with Crippen molar-refractivity contribution < 1.29 is 9.59 Å². The fourth-order valence-corrected chi connectivity index (χ4v) is 3.10. The summed E-state index contributed by atoms with van der Waals surface area (Å²) in [6, 6.07) is 5.19. The zero-order chi connectivity index (χ0) is 15.4. The number of nitrogens with two attached hydrogens (primary N) is 2. The summed E-state index contributed by atoms with van der Waals surface area (Å²) in [7, 11) is 0. The van der Waals surface area contributed by atoms with Crippen LogP contribution in [0.2, 0.25) is 0 Å². The second kappa shape index (κ2) is 6.61. The first-order valence-electron chi connectivity index (χ1n) is 7.52. The van der Waals surface area contributed by atoms with E-state index in [9.17, 15) is 9.59 Å². The standard InChI is InChI=1S/C16H23N3O2/c1-2-10-5-3-4-6-14(10)19-13-8-11(15(17)20)7-12(9-13)16(18)21/h7-10,14,19H,2-6H2,1H3,(H2,17,20)(H2,18,21). The second-order valence-corrected chi connectivity index (χ2v) is 5.73. The molecule has 2 amide bonds. The Hall–Kier alpha value is -2.04. The third-order valence-corrected chi connectivity index (χ3v) is 4.29. The van der Waals surface area contributed by atoms with Crippen LogP contribution >= 0.6 is 0 Å². The van der Waals surface area contributed by atoms with Gasteiger partial charge in [0.2, 0.25) is 11.8 Å². The minimum absolute atomic E-state index is 0.303. The van der Waals surface area contributed by atoms with Crippen molar-refractivity contribution in [3.8, 4) is 0 Å². The second-order valence-electron chi connectivity index (χ2n) is 5.73. The van der Waals surface area contributed by atoms with Crippen molar-refractivity contribution in [3.63, 3.8) is 0 Å². The summed E-state index contributed by atoms with van der Waals surface area (Å²) in [6.07, 6.45) is 5.91. The first-order valence-corrected chi connectivity index (χ1v) is 7.52. The van der Waals surface area contributed by atoms with Gasteiger partial charge in [0.25, 0.3) is 0 Å². The minimum Gasteiger partial charge on any atom is -0.382 e. The number of nitrogens with one attached hydrogen (secondary N) is 1. The molecule has 1 saturated carbocycles. The molecule has 0 radical (unpaired) electrons. The highest BCUT2D eigenvalue weighted by Gasteiger charge is 2.23. The van der Waals surface area contributed by atoms with Gasteiger partial charge in [-0.2, -0.15) is 0 Å². The van der Waals surface area contributed by atoms with Crippen LogP contribution < -0.4 is 16.8 Å². The van der Waals surface area contributed by atoms with Gasteiger partial charge in [0.1, 0.15) is 0 Å². The van der Waals surface area contributed by atoms with E-state index < -0.39 is 11.8 Å². The number of hydrogen-bond acceptors (Lipinski definition) is 3. The summed E-state index contributed by atoms with van der Waals surface area (Å²) < 4.78 is 0. The molecule has 1 fully saturated rings. The third kappa shape index (κ3) is 3.74. The maximum absolute atomic E-state index is 11.4. The van der Waals surface area contributed by atoms with Crippen molar-refractivity contribution in [1.82, 2.24) is 0 Å². The Bertz CT molecular complexity index is 510. The van der Waals surface area contributed by atoms with Crippen molar-refractivity contribution in [2.75, 3.05) is 5.32 Å². The number of hydrogen-bond donors (Lipinski definition) is 3. The highest BCUT2D eigenvalue weighted by atomic mass is 16.1. The number of rotatable bonds is 5. The van der Waals surface area contributed by atoms with Crippen molar-refractivity contribution in [2.24, 2.45) is 17.4 Å². The summed E-state index contributed by atoms with van der Waals surface area (Å²) in [5.74, 6) is -0.498. The molecular weight excluding hydrogens is 266 g/mol. The van der Waals surface area contributed by atoms with Crippen LogP contribution in [0.15, 0.2) is 18.2 Å². The van der Waals surface area contributed by atoms with E-state index >= 15 is 0 Å². The van der Waals surface area contributed by atoms with Crippen LogP contribution in [0, 0.1) is 5.92 Å². The Morgan fingerprint density at radius 2 is 1.67 bits per heavy atom. The lowest BCUT2D eigenvalue weighted by Gasteiger charge is -2.32. The number of anilines is 1. The first-order chi connectivity index (χ1) is 10.0. The SMILES string of the molecule is CCC1CCCCC1Nc1cc(C(N)=O)cc(C(N)=O)c1. The molecule has 1 aromatic carbocycles. The molecule has 21 heavy (non-hydrogen) atoms. The molecule has 5 nitrogen and oxygen atoms in total. The van der Waals surface area contributed by atoms with Crippen LogP contribution in [0.5, 0.6) is 0 Å². The maximum Gasteiger partial charge on any atom is 0.248 e. The van der Waals surface area contributed by atoms with Gasteiger partial charge in [-0.1, -0.05) is 26.2 Å². The molecule has 0 heterocycles. The summed E-state index contributed by atoms with van der Waals surface area (Å²) in [5, 5.41) is 3.46. The van der Waals surface area contributed by atoms with Crippen LogP contribution in [-0.4, -0.2) is 17.9 Å². The summed E-state index contributed by atoms with van der Waals surface area (Å²) in [5.41, 5.74) is 12.0. The number of primary amides is 2. The van der Waals surface area contributed by atoms with Gasteiger partial charge in [0.05, 0.1) is 0 Å². The lowest BCUT2D eigenvalue weighted by Crippen LogP contribution is -2.32. The smallest absolute Gasteiger partial charge is 0.248 e. The van der Waals surface area contributed by atoms with E-state index in [-0.39, 0.29) is 0 Å². The fraction of sp³-hybridized carbons (Fsp3) is 0.500. The molecule has 0 spiro atoms. The van der Waals surface area contributed by atoms with E-state index in [1.807, 2.05) is 0 Å². The highest BCUT2D eigenvalue weighted by Crippen LogP contribution is 2.29. The van der Waals surface area contributed by atoms with E-state index in [1.54, 1.807) is 12.1 Å². The van der Waals surface area contributed by atoms with Gasteiger partial charge in [0, 0.05) is 22.9 Å². The monoisotopic (exact) mass is 289 g/mol. The molecule has 1 aromatic rings. The fourth-order valence-electron chi connectivity index (χ4n) is 3.10. The zero-order valence-corrected chi connectivity index (χ0v) is 12.4. The normalized spacial score (nSPS) is 21.8. The first kappa shape index (κ1) is 15.4. The topological polar surface area (TPSA) is 98.2 Å². The minimum atomic E-state index is -0.558. The Morgan fingerprint density at radius 3 is 2.19 bits per heavy atom. The van der Waals surface area contributed by atoms with Crippen LogP contribution in [0.1, 0.15) is 59.7 Å². The lowest BCUT2D eigenvalue weighted by molar-refractivity contribution is 0.0999. The third-order valence-electron chi connectivity index (χ3n) is 4.29. The number of amides is 2. The average Bonchev–Trinajstić information content (AvgIpc) is 2.47. The Balaban J connectivity index is 2.25. The maximum atomic E-state index is 11.4. The van der Waals surface area contributed by atoms with E-state index in [2.05, 4.69) is 12.2 Å². The van der Waals surface area contributed by atoms with Crippen molar-refractivity contribution in [3.05, 3.63) is 29.3 Å². The predicted molar refractivity (Wildman–Crippen MR) is 83.1 cm³/mol. The molecular formula is C16H23N3O2. The molecule has 0 saturated heterocycles. The van der Waals surface area contributed by atoms with E-state index in [1.165, 1.54) is 25.3 Å². The zero-order valence-electron chi connectivity index (χ0n) is 12.4. The van der Waals surface area contributed by atoms with Crippen LogP contribution in [0.3, 0.4) is 0 Å². The van der Waals surface area contributed by atoms with Crippen LogP contribution in [0.4, 0.5) is 5.69 Å². The van der Waals surface area contributed by atoms with Crippen LogP contribution in [-0.2, 0) is 0 Å². The molecule has 114 valence electrons. The van der Waals surface area contributed by atoms with Gasteiger partial charge in [-0.05, 0) is 37.0 Å². The Morgan fingerprint density at radius 1 is 1.10 bits per heavy atom. The van der Waals surface area contributed by atoms with Gasteiger partial charge in [-0.25, -0.2) is 0 Å². The highest BCUT2D eigenvalue weighted by molar-refractivity contribution is 5.99. The summed E-state index contributed by atoms with van der Waals surface area (Å²) in [4.78, 5) is 22.8. The molecule has 0 aliphatic heterocycles. The van der Waals surface area contributed by atoms with Gasteiger partial charge < -0.3 is 16.8 Å². The van der Waals surface area contributed by atoms with Gasteiger partial charge in [-0.15, -0.1) is 0 Å². The van der Waals surface area contributed by atoms with Gasteiger partial charge in [0.15, 0.2) is 0 Å². The quantitative estimate of drug-likeness (QED) is 0.775. The molecule has 5 heteroatoms. The van der Waals surface area contributed by atoms with Crippen molar-refractivity contribution in [2.45, 2.75) is 45.1 Å². The van der Waals surface area contributed by atoms with Crippen molar-refractivity contribution >= 4 is 17.5 Å². The Labute approximate surface area is 125 Å². The molecule has 2 rings (SSSR count). The van der Waals surface area contributed by atoms with E-state index in [4.69, 9.17) is 11.5 Å². The van der Waals surface area contributed by atoms with Gasteiger partial charge in [-0.3, -0.25) is 9.59 Å². The predicted octanol–water partition coefficient (Wildman–Crippen LogP) is 2.27. The molecule has 1 aliphatic rings. The van der Waals surface area contributed by atoms with Crippen molar-refractivity contribution in [1.29, 1.82) is 0 Å². The molecule has 2 unspecified atom stereocenters. The average molecular weight is 289 g/mol. The van der Waals surface area contributed by atoms with E-state index in [0.29, 0.717) is 23.1 Å². The Kier molecular flexibility index (Phi) is 4.83. The van der Waals surface area contributed by atoms with Crippen LogP contribution in [0.25, 0.3) is 0 Å². The molecule has 5 N–H and O–H groups in total. The van der Waals surface area contributed by atoms with Gasteiger partial charge >= 0.3 is 0 Å². The lowest BCUT2D eigenvalue weighted by atomic mass is 9.82. The molecule has 1 aliphatic carbocycles. The summed E-state index contributed by atoms with van der Waals surface area (Å²) in [6.45, 7) is 2.19. The molecule has 2 atom stereocenters. The molecule has 0 bridgehead atoms. The number of benzene rings is 1. The number of carbonyl (C=O) groups excluding carboxylic acids is 2. The number of carbonyl (C=O) groups is 2. The van der Waals surface area contributed by atoms with E-state index in [0.717, 1.165) is 18.5 Å². The summed E-state index contributed by atoms with van der Waals surface area (Å²) >= 11 is 0. The molecule has 0 aromatic heterocycles. The largest absolute Gasteiger partial charge is 0.382 e.